The first-order chi connectivity index (χ1) is 10.0. The molecule has 0 amide bonds. The highest BCUT2D eigenvalue weighted by atomic mass is 32.2. The number of aliphatic hydroxyl groups is 1. The van der Waals surface area contributed by atoms with Gasteiger partial charge in [-0.3, -0.25) is 0 Å². The standard InChI is InChI=1S/C14H21NO5S2/c1-14(2,3)12-11(7-10(21-12)13(17)18)22(19,20)15-6-4-5-9(16)8-15/h7,9,16H,4-6,8H2,1-3H3,(H,17,18)/t9-/m1/s1. The molecule has 1 aliphatic heterocycles. The first-order valence-electron chi connectivity index (χ1n) is 7.09. The van der Waals surface area contributed by atoms with Crippen LogP contribution >= 0.6 is 11.3 Å². The Balaban J connectivity index is 2.52. The summed E-state index contributed by atoms with van der Waals surface area (Å²) in [5.74, 6) is -1.13. The van der Waals surface area contributed by atoms with Crippen molar-refractivity contribution in [3.63, 3.8) is 0 Å². The Morgan fingerprint density at radius 3 is 2.55 bits per heavy atom. The number of piperidine rings is 1. The third-order valence-corrected chi connectivity index (χ3v) is 7.13. The fourth-order valence-corrected chi connectivity index (χ4v) is 5.76. The molecule has 2 heterocycles. The molecule has 2 rings (SSSR count). The molecule has 0 radical (unpaired) electrons. The first-order valence-corrected chi connectivity index (χ1v) is 9.35. The van der Waals surface area contributed by atoms with Crippen molar-refractivity contribution in [3.05, 3.63) is 15.8 Å². The van der Waals surface area contributed by atoms with Crippen molar-refractivity contribution in [2.24, 2.45) is 0 Å². The summed E-state index contributed by atoms with van der Waals surface area (Å²) in [4.78, 5) is 11.8. The maximum absolute atomic E-state index is 12.9. The molecule has 2 N–H and O–H groups in total. The van der Waals surface area contributed by atoms with E-state index in [4.69, 9.17) is 5.11 Å². The quantitative estimate of drug-likeness (QED) is 0.870. The Bertz CT molecular complexity index is 672. The van der Waals surface area contributed by atoms with Gasteiger partial charge < -0.3 is 10.2 Å². The van der Waals surface area contributed by atoms with Crippen LogP contribution in [-0.2, 0) is 15.4 Å². The molecule has 1 aromatic rings. The van der Waals surface area contributed by atoms with E-state index in [1.165, 1.54) is 10.4 Å². The third kappa shape index (κ3) is 3.34. The number of sulfonamides is 1. The molecule has 0 unspecified atom stereocenters. The van der Waals surface area contributed by atoms with Gasteiger partial charge >= 0.3 is 5.97 Å². The van der Waals surface area contributed by atoms with Crippen LogP contribution in [0.4, 0.5) is 0 Å². The molecule has 8 heteroatoms. The molecule has 1 aromatic heterocycles. The van der Waals surface area contributed by atoms with Crippen molar-refractivity contribution in [3.8, 4) is 0 Å². The Labute approximate surface area is 134 Å². The summed E-state index contributed by atoms with van der Waals surface area (Å²) in [5, 5.41) is 18.9. The molecule has 1 aliphatic rings. The highest BCUT2D eigenvalue weighted by Crippen LogP contribution is 2.38. The molecule has 0 aromatic carbocycles. The maximum atomic E-state index is 12.9. The lowest BCUT2D eigenvalue weighted by Gasteiger charge is -2.30. The van der Waals surface area contributed by atoms with E-state index in [9.17, 15) is 18.3 Å². The van der Waals surface area contributed by atoms with Crippen molar-refractivity contribution in [2.75, 3.05) is 13.1 Å². The summed E-state index contributed by atoms with van der Waals surface area (Å²) < 4.78 is 27.0. The van der Waals surface area contributed by atoms with E-state index in [-0.39, 0.29) is 16.3 Å². The van der Waals surface area contributed by atoms with Crippen LogP contribution in [0, 0.1) is 0 Å². The van der Waals surface area contributed by atoms with E-state index in [1.807, 2.05) is 20.8 Å². The molecular formula is C14H21NO5S2. The molecular weight excluding hydrogens is 326 g/mol. The molecule has 0 saturated carbocycles. The van der Waals surface area contributed by atoms with Crippen LogP contribution in [0.25, 0.3) is 0 Å². The number of hydrogen-bond acceptors (Lipinski definition) is 5. The Morgan fingerprint density at radius 1 is 1.41 bits per heavy atom. The van der Waals surface area contributed by atoms with Crippen molar-refractivity contribution in [1.29, 1.82) is 0 Å². The van der Waals surface area contributed by atoms with Crippen LogP contribution < -0.4 is 0 Å². The van der Waals surface area contributed by atoms with Gasteiger partial charge in [0.25, 0.3) is 0 Å². The van der Waals surface area contributed by atoms with Gasteiger partial charge in [0.15, 0.2) is 0 Å². The van der Waals surface area contributed by atoms with Crippen LogP contribution in [0.3, 0.4) is 0 Å². The van der Waals surface area contributed by atoms with Crippen molar-refractivity contribution in [1.82, 2.24) is 4.31 Å². The number of carboxylic acids is 1. The smallest absolute Gasteiger partial charge is 0.345 e. The van der Waals surface area contributed by atoms with E-state index in [1.54, 1.807) is 0 Å². The van der Waals surface area contributed by atoms with Gasteiger partial charge in [0, 0.05) is 18.0 Å². The van der Waals surface area contributed by atoms with Gasteiger partial charge in [0.1, 0.15) is 4.88 Å². The second kappa shape index (κ2) is 5.92. The number of aliphatic hydroxyl groups excluding tert-OH is 1. The number of β-amino-alcohol motifs (C(OH)–C–C–N with tert-alkyl or cyclic N) is 1. The lowest BCUT2D eigenvalue weighted by atomic mass is 9.95. The van der Waals surface area contributed by atoms with E-state index in [0.29, 0.717) is 24.3 Å². The molecule has 1 atom stereocenters. The molecule has 22 heavy (non-hydrogen) atoms. The van der Waals surface area contributed by atoms with E-state index >= 15 is 0 Å². The minimum Gasteiger partial charge on any atom is -0.477 e. The topological polar surface area (TPSA) is 94.9 Å². The largest absolute Gasteiger partial charge is 0.477 e. The number of carboxylic acid groups (broad SMARTS) is 1. The fraction of sp³-hybridized carbons (Fsp3) is 0.643. The summed E-state index contributed by atoms with van der Waals surface area (Å²) in [6.07, 6.45) is 0.516. The number of rotatable bonds is 3. The monoisotopic (exact) mass is 347 g/mol. The van der Waals surface area contributed by atoms with Crippen LogP contribution in [0.5, 0.6) is 0 Å². The molecule has 0 spiro atoms. The van der Waals surface area contributed by atoms with Crippen molar-refractivity contribution < 1.29 is 23.4 Å². The van der Waals surface area contributed by atoms with E-state index < -0.39 is 27.5 Å². The zero-order chi connectivity index (χ0) is 16.7. The van der Waals surface area contributed by atoms with Crippen molar-refractivity contribution in [2.45, 2.75) is 50.0 Å². The number of aromatic carboxylic acids is 1. The molecule has 1 saturated heterocycles. The summed E-state index contributed by atoms with van der Waals surface area (Å²) >= 11 is 0.998. The van der Waals surface area contributed by atoms with Gasteiger partial charge in [-0.05, 0) is 24.3 Å². The van der Waals surface area contributed by atoms with Crippen molar-refractivity contribution >= 4 is 27.3 Å². The van der Waals surface area contributed by atoms with Gasteiger partial charge in [-0.2, -0.15) is 4.31 Å². The van der Waals surface area contributed by atoms with E-state index in [0.717, 1.165) is 11.3 Å². The molecule has 6 nitrogen and oxygen atoms in total. The number of carbonyl (C=O) groups is 1. The first kappa shape index (κ1) is 17.4. The van der Waals surface area contributed by atoms with Crippen LogP contribution in [0.2, 0.25) is 0 Å². The van der Waals surface area contributed by atoms with Gasteiger partial charge in [-0.1, -0.05) is 20.8 Å². The number of thiophene rings is 1. The molecule has 1 fully saturated rings. The predicted octanol–water partition coefficient (Wildman–Crippen LogP) is 1.89. The Morgan fingerprint density at radius 2 is 2.05 bits per heavy atom. The SMILES string of the molecule is CC(C)(C)c1sc(C(=O)O)cc1S(=O)(=O)N1CCC[C@@H](O)C1. The highest BCUT2D eigenvalue weighted by molar-refractivity contribution is 7.89. The van der Waals surface area contributed by atoms with Gasteiger partial charge in [0.05, 0.1) is 11.0 Å². The minimum atomic E-state index is -3.80. The summed E-state index contributed by atoms with van der Waals surface area (Å²) in [6.45, 7) is 5.98. The minimum absolute atomic E-state index is 0.0149. The van der Waals surface area contributed by atoms with Crippen LogP contribution in [0.15, 0.2) is 11.0 Å². The van der Waals surface area contributed by atoms with Crippen LogP contribution in [-0.4, -0.2) is 48.1 Å². The highest BCUT2D eigenvalue weighted by Gasteiger charge is 2.36. The third-order valence-electron chi connectivity index (χ3n) is 3.57. The second-order valence-corrected chi connectivity index (χ2v) is 9.48. The maximum Gasteiger partial charge on any atom is 0.345 e. The zero-order valence-corrected chi connectivity index (χ0v) is 14.5. The summed E-state index contributed by atoms with van der Waals surface area (Å²) in [6, 6.07) is 1.24. The Kier molecular flexibility index (Phi) is 4.68. The van der Waals surface area contributed by atoms with Crippen LogP contribution in [0.1, 0.15) is 48.2 Å². The van der Waals surface area contributed by atoms with Gasteiger partial charge in [-0.25, -0.2) is 13.2 Å². The van der Waals surface area contributed by atoms with E-state index in [2.05, 4.69) is 0 Å². The zero-order valence-electron chi connectivity index (χ0n) is 12.9. The molecule has 124 valence electrons. The molecule has 0 bridgehead atoms. The lowest BCUT2D eigenvalue weighted by Crippen LogP contribution is -2.42. The second-order valence-electron chi connectivity index (χ2n) is 6.52. The van der Waals surface area contributed by atoms with Gasteiger partial charge in [0.2, 0.25) is 10.0 Å². The fourth-order valence-electron chi connectivity index (χ4n) is 2.47. The number of hydrogen-bond donors (Lipinski definition) is 2. The number of nitrogens with zero attached hydrogens (tertiary/aromatic N) is 1. The summed E-state index contributed by atoms with van der Waals surface area (Å²) in [7, 11) is -3.80. The molecule has 0 aliphatic carbocycles. The lowest BCUT2D eigenvalue weighted by molar-refractivity contribution is 0.0702. The summed E-state index contributed by atoms with van der Waals surface area (Å²) in [5.41, 5.74) is -0.477. The predicted molar refractivity (Wildman–Crippen MR) is 84.0 cm³/mol. The average Bonchev–Trinajstić information content (AvgIpc) is 2.84. The average molecular weight is 347 g/mol. The van der Waals surface area contributed by atoms with Gasteiger partial charge in [-0.15, -0.1) is 11.3 Å². The normalized spacial score (nSPS) is 21.0. The Hall–Kier alpha value is -0.960.